The largest absolute Gasteiger partial charge is 0.399 e. The van der Waals surface area contributed by atoms with Crippen LogP contribution in [0.2, 0.25) is 0 Å². The van der Waals surface area contributed by atoms with Crippen molar-refractivity contribution in [1.29, 1.82) is 0 Å². The lowest BCUT2D eigenvalue weighted by atomic mass is 10.2. The summed E-state index contributed by atoms with van der Waals surface area (Å²) in [5, 5.41) is 5.67. The molecule has 0 atom stereocenters. The molecule has 0 heterocycles. The van der Waals surface area contributed by atoms with Crippen molar-refractivity contribution in [3.63, 3.8) is 0 Å². The molecule has 1 aromatic rings. The second-order valence-electron chi connectivity index (χ2n) is 4.61. The summed E-state index contributed by atoms with van der Waals surface area (Å²) >= 11 is 0. The van der Waals surface area contributed by atoms with Crippen LogP contribution < -0.4 is 16.4 Å². The van der Waals surface area contributed by atoms with E-state index < -0.39 is 5.82 Å². The molecule has 1 aromatic carbocycles. The third-order valence-corrected chi connectivity index (χ3v) is 2.37. The summed E-state index contributed by atoms with van der Waals surface area (Å²) in [5.74, 6) is -0.0129. The highest BCUT2D eigenvalue weighted by Gasteiger charge is 2.04. The Labute approximate surface area is 107 Å². The molecule has 1 rings (SSSR count). The Morgan fingerprint density at radius 1 is 1.44 bits per heavy atom. The van der Waals surface area contributed by atoms with E-state index in [1.54, 1.807) is 12.1 Å². The van der Waals surface area contributed by atoms with Crippen molar-refractivity contribution in [1.82, 2.24) is 5.32 Å². The van der Waals surface area contributed by atoms with Gasteiger partial charge in [-0.25, -0.2) is 4.39 Å². The molecule has 5 heteroatoms. The lowest BCUT2D eigenvalue weighted by molar-refractivity contribution is -0.120. The van der Waals surface area contributed by atoms with Gasteiger partial charge in [0.15, 0.2) is 0 Å². The molecule has 4 N–H and O–H groups in total. The zero-order valence-electron chi connectivity index (χ0n) is 10.8. The molecule has 18 heavy (non-hydrogen) atoms. The smallest absolute Gasteiger partial charge is 0.221 e. The average molecular weight is 253 g/mol. The highest BCUT2D eigenvalue weighted by Crippen LogP contribution is 2.16. The second kappa shape index (κ2) is 6.83. The third-order valence-electron chi connectivity index (χ3n) is 2.37. The predicted octanol–water partition coefficient (Wildman–Crippen LogP) is 1.98. The van der Waals surface area contributed by atoms with E-state index in [0.717, 1.165) is 0 Å². The summed E-state index contributed by atoms with van der Waals surface area (Å²) in [6, 6.07) is 4.43. The van der Waals surface area contributed by atoms with Crippen molar-refractivity contribution < 1.29 is 9.18 Å². The van der Waals surface area contributed by atoms with Crippen LogP contribution in [0.1, 0.15) is 20.3 Å². The quantitative estimate of drug-likeness (QED) is 0.679. The Hall–Kier alpha value is -1.78. The Morgan fingerprint density at radius 3 is 2.78 bits per heavy atom. The summed E-state index contributed by atoms with van der Waals surface area (Å²) in [5.41, 5.74) is 6.18. The number of hydrogen-bond acceptors (Lipinski definition) is 3. The number of amides is 1. The Morgan fingerprint density at radius 2 is 2.17 bits per heavy atom. The summed E-state index contributed by atoms with van der Waals surface area (Å²) in [7, 11) is 0. The molecule has 0 aliphatic carbocycles. The van der Waals surface area contributed by atoms with Gasteiger partial charge in [0, 0.05) is 25.2 Å². The molecule has 0 saturated heterocycles. The zero-order chi connectivity index (χ0) is 13.5. The van der Waals surface area contributed by atoms with Gasteiger partial charge in [-0.1, -0.05) is 13.8 Å². The molecular weight excluding hydrogens is 233 g/mol. The minimum absolute atomic E-state index is 0.0351. The van der Waals surface area contributed by atoms with Crippen LogP contribution in [0.25, 0.3) is 0 Å². The summed E-state index contributed by atoms with van der Waals surface area (Å²) in [6.45, 7) is 5.12. The summed E-state index contributed by atoms with van der Waals surface area (Å²) < 4.78 is 13.4. The maximum Gasteiger partial charge on any atom is 0.221 e. The van der Waals surface area contributed by atoms with E-state index >= 15 is 0 Å². The third kappa shape index (κ3) is 5.03. The van der Waals surface area contributed by atoms with E-state index in [0.29, 0.717) is 36.8 Å². The Bertz CT molecular complexity index is 407. The zero-order valence-corrected chi connectivity index (χ0v) is 10.8. The summed E-state index contributed by atoms with van der Waals surface area (Å²) in [6.07, 6.45) is 0.316. The second-order valence-corrected chi connectivity index (χ2v) is 4.61. The van der Waals surface area contributed by atoms with Crippen molar-refractivity contribution in [2.24, 2.45) is 5.92 Å². The number of nitrogen functional groups attached to an aromatic ring is 1. The highest BCUT2D eigenvalue weighted by molar-refractivity contribution is 5.76. The van der Waals surface area contributed by atoms with Gasteiger partial charge in [-0.15, -0.1) is 0 Å². The van der Waals surface area contributed by atoms with Crippen molar-refractivity contribution >= 4 is 17.3 Å². The van der Waals surface area contributed by atoms with Gasteiger partial charge >= 0.3 is 0 Å². The van der Waals surface area contributed by atoms with E-state index in [4.69, 9.17) is 5.73 Å². The fourth-order valence-corrected chi connectivity index (χ4v) is 1.39. The first-order valence-corrected chi connectivity index (χ1v) is 6.04. The predicted molar refractivity (Wildman–Crippen MR) is 71.8 cm³/mol. The number of anilines is 2. The van der Waals surface area contributed by atoms with Crippen molar-refractivity contribution in [2.75, 3.05) is 24.1 Å². The molecule has 0 aliphatic rings. The molecule has 0 aliphatic heterocycles. The van der Waals surface area contributed by atoms with Crippen LogP contribution in [-0.2, 0) is 4.79 Å². The number of hydrogen-bond donors (Lipinski definition) is 3. The van der Waals surface area contributed by atoms with E-state index in [9.17, 15) is 9.18 Å². The molecular formula is C13H20FN3O. The monoisotopic (exact) mass is 253 g/mol. The number of nitrogens with two attached hydrogens (primary N) is 1. The topological polar surface area (TPSA) is 67.2 Å². The number of carbonyl (C=O) groups is 1. The Balaban J connectivity index is 2.31. The van der Waals surface area contributed by atoms with Crippen LogP contribution in [0.3, 0.4) is 0 Å². The first kappa shape index (κ1) is 14.3. The molecule has 4 nitrogen and oxygen atoms in total. The van der Waals surface area contributed by atoms with Gasteiger partial charge in [-0.05, 0) is 24.1 Å². The van der Waals surface area contributed by atoms with Crippen LogP contribution >= 0.6 is 0 Å². The van der Waals surface area contributed by atoms with Gasteiger partial charge in [0.1, 0.15) is 5.82 Å². The van der Waals surface area contributed by atoms with Crippen LogP contribution in [-0.4, -0.2) is 19.0 Å². The number of rotatable bonds is 6. The fraction of sp³-hybridized carbons (Fsp3) is 0.462. The van der Waals surface area contributed by atoms with E-state index in [2.05, 4.69) is 10.6 Å². The minimum Gasteiger partial charge on any atom is -0.399 e. The Kier molecular flexibility index (Phi) is 5.42. The van der Waals surface area contributed by atoms with Crippen LogP contribution in [0.4, 0.5) is 15.8 Å². The van der Waals surface area contributed by atoms with Crippen LogP contribution in [0, 0.1) is 11.7 Å². The molecule has 0 unspecified atom stereocenters. The molecule has 0 bridgehead atoms. The van der Waals surface area contributed by atoms with Gasteiger partial charge in [0.05, 0.1) is 5.69 Å². The van der Waals surface area contributed by atoms with Gasteiger partial charge in [-0.3, -0.25) is 4.79 Å². The van der Waals surface area contributed by atoms with Gasteiger partial charge in [0.2, 0.25) is 5.91 Å². The summed E-state index contributed by atoms with van der Waals surface area (Å²) in [4.78, 5) is 11.4. The molecule has 0 aromatic heterocycles. The number of benzene rings is 1. The molecule has 1 amide bonds. The van der Waals surface area contributed by atoms with Crippen molar-refractivity contribution in [3.05, 3.63) is 24.0 Å². The molecule has 0 saturated carbocycles. The number of halogens is 1. The standard InChI is InChI=1S/C13H20FN3O/c1-9(2)8-17-13(18)5-6-16-12-4-3-10(15)7-11(12)14/h3-4,7,9,16H,5-6,8,15H2,1-2H3,(H,17,18). The first-order valence-electron chi connectivity index (χ1n) is 6.04. The van der Waals surface area contributed by atoms with E-state index in [1.807, 2.05) is 13.8 Å². The lowest BCUT2D eigenvalue weighted by Gasteiger charge is -2.09. The SMILES string of the molecule is CC(C)CNC(=O)CCNc1ccc(N)cc1F. The minimum atomic E-state index is -0.405. The molecule has 0 fully saturated rings. The molecule has 0 spiro atoms. The van der Waals surface area contributed by atoms with Gasteiger partial charge in [-0.2, -0.15) is 0 Å². The first-order chi connectivity index (χ1) is 8.49. The maximum atomic E-state index is 13.4. The van der Waals surface area contributed by atoms with Crippen LogP contribution in [0.15, 0.2) is 18.2 Å². The highest BCUT2D eigenvalue weighted by atomic mass is 19.1. The van der Waals surface area contributed by atoms with E-state index in [1.165, 1.54) is 6.07 Å². The number of nitrogens with one attached hydrogen (secondary N) is 2. The van der Waals surface area contributed by atoms with Crippen LogP contribution in [0.5, 0.6) is 0 Å². The molecule has 100 valence electrons. The van der Waals surface area contributed by atoms with Crippen molar-refractivity contribution in [3.8, 4) is 0 Å². The maximum absolute atomic E-state index is 13.4. The number of carbonyl (C=O) groups excluding carboxylic acids is 1. The van der Waals surface area contributed by atoms with Gasteiger partial charge < -0.3 is 16.4 Å². The molecule has 0 radical (unpaired) electrons. The van der Waals surface area contributed by atoms with Crippen molar-refractivity contribution in [2.45, 2.75) is 20.3 Å². The normalized spacial score (nSPS) is 10.4. The van der Waals surface area contributed by atoms with E-state index in [-0.39, 0.29) is 5.91 Å². The lowest BCUT2D eigenvalue weighted by Crippen LogP contribution is -2.28. The van der Waals surface area contributed by atoms with Gasteiger partial charge in [0.25, 0.3) is 0 Å². The average Bonchev–Trinajstić information content (AvgIpc) is 2.29. The fourth-order valence-electron chi connectivity index (χ4n) is 1.39.